The number of nitrogens with two attached hydrogens (primary N) is 1. The third-order valence-corrected chi connectivity index (χ3v) is 1.94. The van der Waals surface area contributed by atoms with Crippen molar-refractivity contribution in [3.63, 3.8) is 0 Å². The first kappa shape index (κ1) is 10.8. The zero-order valence-corrected chi connectivity index (χ0v) is 8.59. The minimum atomic E-state index is -0.566. The Labute approximate surface area is 96.3 Å². The van der Waals surface area contributed by atoms with Crippen LogP contribution in [0.5, 0.6) is 11.6 Å². The summed E-state index contributed by atoms with van der Waals surface area (Å²) in [7, 11) is 0. The van der Waals surface area contributed by atoms with Gasteiger partial charge in [-0.1, -0.05) is 0 Å². The average Bonchev–Trinajstić information content (AvgIpc) is 2.35. The highest BCUT2D eigenvalue weighted by molar-refractivity contribution is 5.44. The van der Waals surface area contributed by atoms with Crippen molar-refractivity contribution in [2.75, 3.05) is 5.73 Å². The maximum absolute atomic E-state index is 13.1. The van der Waals surface area contributed by atoms with E-state index in [1.165, 1.54) is 24.5 Å². The second kappa shape index (κ2) is 4.45. The van der Waals surface area contributed by atoms with Crippen LogP contribution in [-0.4, -0.2) is 9.97 Å². The highest BCUT2D eigenvalue weighted by Crippen LogP contribution is 2.22. The summed E-state index contributed by atoms with van der Waals surface area (Å²) in [6.45, 7) is 0. The lowest BCUT2D eigenvalue weighted by molar-refractivity contribution is 0.455. The summed E-state index contributed by atoms with van der Waals surface area (Å²) in [5, 5.41) is 8.53. The molecule has 2 N–H and O–H groups in total. The van der Waals surface area contributed by atoms with E-state index in [2.05, 4.69) is 9.97 Å². The van der Waals surface area contributed by atoms with E-state index in [1.54, 1.807) is 0 Å². The summed E-state index contributed by atoms with van der Waals surface area (Å²) >= 11 is 0. The minimum absolute atomic E-state index is 0.0447. The van der Waals surface area contributed by atoms with Gasteiger partial charge < -0.3 is 10.5 Å². The third-order valence-electron chi connectivity index (χ3n) is 1.94. The van der Waals surface area contributed by atoms with Crippen LogP contribution in [0.15, 0.2) is 30.6 Å². The second-order valence-electron chi connectivity index (χ2n) is 3.14. The zero-order chi connectivity index (χ0) is 12.3. The van der Waals surface area contributed by atoms with Gasteiger partial charge in [-0.05, 0) is 12.1 Å². The summed E-state index contributed by atoms with van der Waals surface area (Å²) in [6.07, 6.45) is 2.55. The largest absolute Gasteiger partial charge is 0.437 e. The summed E-state index contributed by atoms with van der Waals surface area (Å²) in [5.41, 5.74) is 5.55. The number of aromatic nitrogens is 2. The molecule has 0 bridgehead atoms. The summed E-state index contributed by atoms with van der Waals surface area (Å²) in [4.78, 5) is 7.60. The Bertz CT molecular complexity index is 577. The molecule has 17 heavy (non-hydrogen) atoms. The van der Waals surface area contributed by atoms with Crippen molar-refractivity contribution in [3.05, 3.63) is 42.1 Å². The first-order valence-electron chi connectivity index (χ1n) is 4.64. The molecule has 84 valence electrons. The van der Waals surface area contributed by atoms with Crippen LogP contribution in [0, 0.1) is 17.1 Å². The minimum Gasteiger partial charge on any atom is -0.437 e. The lowest BCUT2D eigenvalue weighted by Gasteiger charge is -2.04. The Hall–Kier alpha value is -2.68. The highest BCUT2D eigenvalue weighted by atomic mass is 19.1. The fourth-order valence-corrected chi connectivity index (χ4v) is 1.12. The molecule has 0 radical (unpaired) electrons. The van der Waals surface area contributed by atoms with E-state index in [1.807, 2.05) is 6.07 Å². The number of rotatable bonds is 2. The first-order chi connectivity index (χ1) is 8.19. The van der Waals surface area contributed by atoms with Crippen molar-refractivity contribution >= 4 is 5.69 Å². The van der Waals surface area contributed by atoms with Gasteiger partial charge in [0.15, 0.2) is 5.69 Å². The number of nitrogen functional groups attached to an aromatic ring is 1. The van der Waals surface area contributed by atoms with E-state index in [9.17, 15) is 4.39 Å². The smallest absolute Gasteiger partial charge is 0.237 e. The molecule has 0 saturated carbocycles. The molecule has 0 aliphatic rings. The van der Waals surface area contributed by atoms with Gasteiger partial charge in [0.05, 0.1) is 18.1 Å². The average molecular weight is 230 g/mol. The molecule has 2 rings (SSSR count). The SMILES string of the molecule is N#Cc1cnc(Oc2ccc(N)c(F)c2)cn1. The molecule has 0 spiro atoms. The zero-order valence-electron chi connectivity index (χ0n) is 8.59. The number of halogens is 1. The van der Waals surface area contributed by atoms with Gasteiger partial charge >= 0.3 is 0 Å². The van der Waals surface area contributed by atoms with Gasteiger partial charge in [0, 0.05) is 6.07 Å². The fraction of sp³-hybridized carbons (Fsp3) is 0. The lowest BCUT2D eigenvalue weighted by atomic mass is 10.3. The number of ether oxygens (including phenoxy) is 1. The Morgan fingerprint density at radius 3 is 2.71 bits per heavy atom. The topological polar surface area (TPSA) is 84.8 Å². The van der Waals surface area contributed by atoms with Gasteiger partial charge in [-0.2, -0.15) is 5.26 Å². The Balaban J connectivity index is 2.20. The summed E-state index contributed by atoms with van der Waals surface area (Å²) < 4.78 is 18.4. The summed E-state index contributed by atoms with van der Waals surface area (Å²) in [6, 6.07) is 5.88. The summed E-state index contributed by atoms with van der Waals surface area (Å²) in [5.74, 6) is -0.131. The number of benzene rings is 1. The van der Waals surface area contributed by atoms with E-state index in [0.717, 1.165) is 6.07 Å². The van der Waals surface area contributed by atoms with Crippen molar-refractivity contribution in [2.24, 2.45) is 0 Å². The Kier molecular flexibility index (Phi) is 2.83. The van der Waals surface area contributed by atoms with Crippen LogP contribution in [-0.2, 0) is 0 Å². The number of anilines is 1. The molecule has 6 heteroatoms. The fourth-order valence-electron chi connectivity index (χ4n) is 1.12. The number of nitrogens with zero attached hydrogens (tertiary/aromatic N) is 3. The molecular formula is C11H7FN4O. The molecule has 1 aromatic carbocycles. The quantitative estimate of drug-likeness (QED) is 0.796. The van der Waals surface area contributed by atoms with Crippen molar-refractivity contribution in [2.45, 2.75) is 0 Å². The predicted octanol–water partition coefficient (Wildman–Crippen LogP) is 1.86. The van der Waals surface area contributed by atoms with E-state index >= 15 is 0 Å². The molecule has 0 aliphatic heterocycles. The molecule has 0 fully saturated rings. The second-order valence-corrected chi connectivity index (χ2v) is 3.14. The standard InChI is InChI=1S/C11H7FN4O/c12-9-3-8(1-2-10(9)14)17-11-6-15-7(4-13)5-16-11/h1-3,5-6H,14H2. The van der Waals surface area contributed by atoms with Gasteiger partial charge in [0.25, 0.3) is 0 Å². The van der Waals surface area contributed by atoms with Crippen LogP contribution in [0.3, 0.4) is 0 Å². The van der Waals surface area contributed by atoms with E-state index < -0.39 is 5.82 Å². The van der Waals surface area contributed by atoms with Crippen LogP contribution in [0.2, 0.25) is 0 Å². The molecule has 0 amide bonds. The van der Waals surface area contributed by atoms with Gasteiger partial charge in [0.1, 0.15) is 17.6 Å². The molecule has 0 atom stereocenters. The predicted molar refractivity (Wildman–Crippen MR) is 57.6 cm³/mol. The van der Waals surface area contributed by atoms with Gasteiger partial charge in [-0.15, -0.1) is 0 Å². The molecule has 1 heterocycles. The number of hydrogen-bond acceptors (Lipinski definition) is 5. The van der Waals surface area contributed by atoms with Crippen LogP contribution in [0.1, 0.15) is 5.69 Å². The van der Waals surface area contributed by atoms with Crippen LogP contribution >= 0.6 is 0 Å². The van der Waals surface area contributed by atoms with Crippen molar-refractivity contribution in [3.8, 4) is 17.7 Å². The van der Waals surface area contributed by atoms with E-state index in [4.69, 9.17) is 15.7 Å². The van der Waals surface area contributed by atoms with Crippen LogP contribution < -0.4 is 10.5 Å². The molecule has 0 unspecified atom stereocenters. The van der Waals surface area contributed by atoms with Crippen molar-refractivity contribution in [1.82, 2.24) is 9.97 Å². The molecule has 2 aromatic rings. The van der Waals surface area contributed by atoms with Gasteiger partial charge in [-0.3, -0.25) is 0 Å². The monoisotopic (exact) mass is 230 g/mol. The molecular weight excluding hydrogens is 223 g/mol. The molecule has 0 saturated heterocycles. The van der Waals surface area contributed by atoms with Crippen molar-refractivity contribution in [1.29, 1.82) is 5.26 Å². The maximum Gasteiger partial charge on any atom is 0.237 e. The van der Waals surface area contributed by atoms with E-state index in [0.29, 0.717) is 0 Å². The Morgan fingerprint density at radius 2 is 2.12 bits per heavy atom. The highest BCUT2D eigenvalue weighted by Gasteiger charge is 2.03. The lowest BCUT2D eigenvalue weighted by Crippen LogP contribution is -1.94. The third kappa shape index (κ3) is 2.46. The van der Waals surface area contributed by atoms with Gasteiger partial charge in [0.2, 0.25) is 5.88 Å². The molecule has 1 aromatic heterocycles. The molecule has 5 nitrogen and oxygen atoms in total. The first-order valence-corrected chi connectivity index (χ1v) is 4.64. The van der Waals surface area contributed by atoms with Crippen LogP contribution in [0.4, 0.5) is 10.1 Å². The van der Waals surface area contributed by atoms with Gasteiger partial charge in [-0.25, -0.2) is 14.4 Å². The molecule has 0 aliphatic carbocycles. The number of nitriles is 1. The maximum atomic E-state index is 13.1. The van der Waals surface area contributed by atoms with E-state index in [-0.39, 0.29) is 23.0 Å². The Morgan fingerprint density at radius 1 is 1.29 bits per heavy atom. The number of hydrogen-bond donors (Lipinski definition) is 1. The van der Waals surface area contributed by atoms with Crippen molar-refractivity contribution < 1.29 is 9.13 Å². The van der Waals surface area contributed by atoms with Crippen LogP contribution in [0.25, 0.3) is 0 Å². The normalized spacial score (nSPS) is 9.65.